The quantitative estimate of drug-likeness (QED) is 0.887. The van der Waals surface area contributed by atoms with Crippen molar-refractivity contribution in [1.82, 2.24) is 0 Å². The third-order valence-electron chi connectivity index (χ3n) is 4.85. The van der Waals surface area contributed by atoms with E-state index >= 15 is 0 Å². The Bertz CT molecular complexity index is 408. The molecule has 1 fully saturated rings. The molecule has 0 saturated carbocycles. The number of rotatable bonds is 3. The molecular weight excluding hydrogens is 244 g/mol. The lowest BCUT2D eigenvalue weighted by Crippen LogP contribution is -2.38. The van der Waals surface area contributed by atoms with Gasteiger partial charge in [0.05, 0.1) is 0 Å². The van der Waals surface area contributed by atoms with E-state index in [-0.39, 0.29) is 6.04 Å². The lowest BCUT2D eigenvalue weighted by molar-refractivity contribution is 0.199. The Morgan fingerprint density at radius 2 is 1.70 bits per heavy atom. The highest BCUT2D eigenvalue weighted by Crippen LogP contribution is 2.35. The summed E-state index contributed by atoms with van der Waals surface area (Å²) in [7, 11) is 0. The first-order valence-corrected chi connectivity index (χ1v) is 8.02. The monoisotopic (exact) mass is 274 g/mol. The third-order valence-corrected chi connectivity index (χ3v) is 4.85. The molecule has 2 N–H and O–H groups in total. The van der Waals surface area contributed by atoms with Crippen molar-refractivity contribution >= 4 is 5.69 Å². The van der Waals surface area contributed by atoms with Crippen molar-refractivity contribution in [3.63, 3.8) is 0 Å². The van der Waals surface area contributed by atoms with E-state index in [4.69, 9.17) is 5.73 Å². The van der Waals surface area contributed by atoms with Crippen molar-refractivity contribution in [3.8, 4) is 0 Å². The van der Waals surface area contributed by atoms with Gasteiger partial charge >= 0.3 is 0 Å². The number of benzene rings is 1. The van der Waals surface area contributed by atoms with Crippen LogP contribution in [0.5, 0.6) is 0 Å². The molecule has 0 amide bonds. The van der Waals surface area contributed by atoms with Gasteiger partial charge in [-0.2, -0.15) is 0 Å². The van der Waals surface area contributed by atoms with Crippen molar-refractivity contribution in [3.05, 3.63) is 29.8 Å². The SMILES string of the molecule is CCC(N)c1ccc(N2CCC(C(C)(C)C)CC2)cc1. The number of hydrogen-bond acceptors (Lipinski definition) is 2. The van der Waals surface area contributed by atoms with Gasteiger partial charge in [0.2, 0.25) is 0 Å². The smallest absolute Gasteiger partial charge is 0.0366 e. The zero-order valence-electron chi connectivity index (χ0n) is 13.5. The minimum atomic E-state index is 0.177. The molecule has 112 valence electrons. The maximum Gasteiger partial charge on any atom is 0.0366 e. The lowest BCUT2D eigenvalue weighted by Gasteiger charge is -2.39. The number of nitrogens with zero attached hydrogens (tertiary/aromatic N) is 1. The summed E-state index contributed by atoms with van der Waals surface area (Å²) in [5.41, 5.74) is 9.13. The largest absolute Gasteiger partial charge is 0.372 e. The number of hydrogen-bond donors (Lipinski definition) is 1. The first-order chi connectivity index (χ1) is 9.41. The predicted molar refractivity (Wildman–Crippen MR) is 88.1 cm³/mol. The average Bonchev–Trinajstić information content (AvgIpc) is 2.46. The second-order valence-corrected chi connectivity index (χ2v) is 7.23. The van der Waals surface area contributed by atoms with Crippen LogP contribution in [0.1, 0.15) is 58.6 Å². The maximum atomic E-state index is 6.08. The van der Waals surface area contributed by atoms with E-state index < -0.39 is 0 Å². The van der Waals surface area contributed by atoms with Gasteiger partial charge in [-0.25, -0.2) is 0 Å². The summed E-state index contributed by atoms with van der Waals surface area (Å²) in [5.74, 6) is 0.853. The fraction of sp³-hybridized carbons (Fsp3) is 0.667. The van der Waals surface area contributed by atoms with Crippen LogP contribution in [0.2, 0.25) is 0 Å². The van der Waals surface area contributed by atoms with Gasteiger partial charge < -0.3 is 10.6 Å². The van der Waals surface area contributed by atoms with Gasteiger partial charge in [-0.3, -0.25) is 0 Å². The van der Waals surface area contributed by atoms with Gasteiger partial charge in [-0.05, 0) is 48.3 Å². The van der Waals surface area contributed by atoms with E-state index in [0.717, 1.165) is 12.3 Å². The molecule has 0 spiro atoms. The Labute approximate surface area is 124 Å². The van der Waals surface area contributed by atoms with Crippen molar-refractivity contribution in [2.75, 3.05) is 18.0 Å². The molecule has 1 aliphatic heterocycles. The van der Waals surface area contributed by atoms with Gasteiger partial charge in [0, 0.05) is 24.8 Å². The molecule has 0 aliphatic carbocycles. The summed E-state index contributed by atoms with van der Waals surface area (Å²) in [5, 5.41) is 0. The highest BCUT2D eigenvalue weighted by Gasteiger charge is 2.28. The van der Waals surface area contributed by atoms with Crippen LogP contribution < -0.4 is 10.6 Å². The molecule has 0 aromatic heterocycles. The zero-order valence-corrected chi connectivity index (χ0v) is 13.5. The fourth-order valence-electron chi connectivity index (χ4n) is 3.17. The normalized spacial score (nSPS) is 19.1. The second-order valence-electron chi connectivity index (χ2n) is 7.23. The number of nitrogens with two attached hydrogens (primary N) is 1. The molecule has 2 heteroatoms. The lowest BCUT2D eigenvalue weighted by atomic mass is 9.75. The van der Waals surface area contributed by atoms with Gasteiger partial charge in [0.1, 0.15) is 0 Å². The molecule has 20 heavy (non-hydrogen) atoms. The standard InChI is InChI=1S/C18H30N2/c1-5-17(19)14-6-8-16(9-7-14)20-12-10-15(11-13-20)18(2,3)4/h6-9,15,17H,5,10-13,19H2,1-4H3. The van der Waals surface area contributed by atoms with Crippen LogP contribution in [-0.2, 0) is 0 Å². The maximum absolute atomic E-state index is 6.08. The molecule has 1 saturated heterocycles. The number of piperidine rings is 1. The fourth-order valence-corrected chi connectivity index (χ4v) is 3.17. The molecule has 2 nitrogen and oxygen atoms in total. The van der Waals surface area contributed by atoms with E-state index in [0.29, 0.717) is 5.41 Å². The van der Waals surface area contributed by atoms with E-state index in [1.807, 2.05) is 0 Å². The molecule has 2 rings (SSSR count). The molecular formula is C18H30N2. The molecule has 1 atom stereocenters. The van der Waals surface area contributed by atoms with Gasteiger partial charge in [0.25, 0.3) is 0 Å². The first kappa shape index (κ1) is 15.4. The molecule has 1 unspecified atom stereocenters. The molecule has 1 aromatic rings. The van der Waals surface area contributed by atoms with Crippen LogP contribution in [0.15, 0.2) is 24.3 Å². The molecule has 1 aromatic carbocycles. The topological polar surface area (TPSA) is 29.3 Å². The van der Waals surface area contributed by atoms with Crippen molar-refractivity contribution in [2.24, 2.45) is 17.1 Å². The Morgan fingerprint density at radius 3 is 2.15 bits per heavy atom. The van der Waals surface area contributed by atoms with Crippen LogP contribution in [0, 0.1) is 11.3 Å². The van der Waals surface area contributed by atoms with Crippen molar-refractivity contribution in [1.29, 1.82) is 0 Å². The highest BCUT2D eigenvalue weighted by atomic mass is 15.1. The van der Waals surface area contributed by atoms with Gasteiger partial charge in [0.15, 0.2) is 0 Å². The Hall–Kier alpha value is -1.02. The van der Waals surface area contributed by atoms with Crippen LogP contribution >= 0.6 is 0 Å². The molecule has 1 heterocycles. The average molecular weight is 274 g/mol. The van der Waals surface area contributed by atoms with Crippen LogP contribution in [0.4, 0.5) is 5.69 Å². The van der Waals surface area contributed by atoms with Crippen molar-refractivity contribution < 1.29 is 0 Å². The highest BCUT2D eigenvalue weighted by molar-refractivity contribution is 5.48. The minimum Gasteiger partial charge on any atom is -0.372 e. The van der Waals surface area contributed by atoms with Crippen molar-refractivity contribution in [2.45, 2.75) is 53.0 Å². The van der Waals surface area contributed by atoms with Gasteiger partial charge in [-0.15, -0.1) is 0 Å². The molecule has 0 radical (unpaired) electrons. The van der Waals surface area contributed by atoms with Crippen LogP contribution in [0.3, 0.4) is 0 Å². The molecule has 1 aliphatic rings. The van der Waals surface area contributed by atoms with E-state index in [9.17, 15) is 0 Å². The van der Waals surface area contributed by atoms with E-state index in [1.165, 1.54) is 37.2 Å². The zero-order chi connectivity index (χ0) is 14.8. The van der Waals surface area contributed by atoms with E-state index in [2.05, 4.69) is 56.9 Å². The van der Waals surface area contributed by atoms with Gasteiger partial charge in [-0.1, -0.05) is 39.8 Å². The molecule has 0 bridgehead atoms. The summed E-state index contributed by atoms with van der Waals surface area (Å²) in [6.07, 6.45) is 3.61. The minimum absolute atomic E-state index is 0.177. The van der Waals surface area contributed by atoms with E-state index in [1.54, 1.807) is 0 Å². The predicted octanol–water partition coefficient (Wildman–Crippen LogP) is 4.36. The summed E-state index contributed by atoms with van der Waals surface area (Å²) in [6, 6.07) is 9.04. The Balaban J connectivity index is 1.97. The van der Waals surface area contributed by atoms with Crippen LogP contribution in [-0.4, -0.2) is 13.1 Å². The summed E-state index contributed by atoms with van der Waals surface area (Å²) < 4.78 is 0. The third kappa shape index (κ3) is 3.54. The number of anilines is 1. The van der Waals surface area contributed by atoms with Crippen LogP contribution in [0.25, 0.3) is 0 Å². The first-order valence-electron chi connectivity index (χ1n) is 8.02. The summed E-state index contributed by atoms with van der Waals surface area (Å²) in [6.45, 7) is 11.6. The second kappa shape index (κ2) is 6.17. The Morgan fingerprint density at radius 1 is 1.15 bits per heavy atom. The summed E-state index contributed by atoms with van der Waals surface area (Å²) >= 11 is 0. The summed E-state index contributed by atoms with van der Waals surface area (Å²) in [4.78, 5) is 2.52. The Kier molecular flexibility index (Phi) is 4.74.